The highest BCUT2D eigenvalue weighted by molar-refractivity contribution is 6.46. The van der Waals surface area contributed by atoms with Crippen molar-refractivity contribution in [1.29, 1.82) is 0 Å². The molecule has 2 heterocycles. The van der Waals surface area contributed by atoms with Crippen molar-refractivity contribution >= 4 is 17.4 Å². The van der Waals surface area contributed by atoms with E-state index in [9.17, 15) is 23.5 Å². The van der Waals surface area contributed by atoms with Gasteiger partial charge in [0.1, 0.15) is 29.2 Å². The molecule has 5 nitrogen and oxygen atoms in total. The van der Waals surface area contributed by atoms with Crippen LogP contribution in [0.2, 0.25) is 0 Å². The number of benzene rings is 2. The normalized spacial score (nSPS) is 18.4. The van der Waals surface area contributed by atoms with E-state index < -0.39 is 35.1 Å². The summed E-state index contributed by atoms with van der Waals surface area (Å²) in [6.45, 7) is 0.0103. The van der Waals surface area contributed by atoms with Gasteiger partial charge in [0.25, 0.3) is 11.7 Å². The quantitative estimate of drug-likeness (QED) is 0.409. The maximum atomic E-state index is 13.2. The lowest BCUT2D eigenvalue weighted by molar-refractivity contribution is -0.140. The summed E-state index contributed by atoms with van der Waals surface area (Å²) >= 11 is 0. The summed E-state index contributed by atoms with van der Waals surface area (Å²) in [7, 11) is 0. The third-order valence-electron chi connectivity index (χ3n) is 4.74. The maximum Gasteiger partial charge on any atom is 0.296 e. The molecule has 1 amide bonds. The molecule has 3 aromatic rings. The van der Waals surface area contributed by atoms with Crippen LogP contribution in [0.25, 0.3) is 5.76 Å². The molecule has 1 atom stereocenters. The number of hydrogen-bond donors (Lipinski definition) is 1. The topological polar surface area (TPSA) is 70.8 Å². The monoisotopic (exact) mass is 395 g/mol. The molecule has 2 aromatic carbocycles. The summed E-state index contributed by atoms with van der Waals surface area (Å²) in [5.41, 5.74) is 0.646. The van der Waals surface area contributed by atoms with Crippen molar-refractivity contribution in [1.82, 2.24) is 4.90 Å². The summed E-state index contributed by atoms with van der Waals surface area (Å²) in [4.78, 5) is 26.8. The first-order valence-corrected chi connectivity index (χ1v) is 8.78. The summed E-state index contributed by atoms with van der Waals surface area (Å²) in [5.74, 6) is -2.76. The second-order valence-electron chi connectivity index (χ2n) is 6.58. The molecule has 1 saturated heterocycles. The maximum absolute atomic E-state index is 13.2. The van der Waals surface area contributed by atoms with Gasteiger partial charge in [-0.15, -0.1) is 0 Å². The fraction of sp³-hybridized carbons (Fsp3) is 0.0909. The van der Waals surface area contributed by atoms with Gasteiger partial charge in [-0.25, -0.2) is 8.78 Å². The molecule has 1 fully saturated rings. The number of amides is 1. The van der Waals surface area contributed by atoms with E-state index in [1.807, 2.05) is 0 Å². The Hall–Kier alpha value is -3.74. The molecule has 0 bridgehead atoms. The predicted octanol–water partition coefficient (Wildman–Crippen LogP) is 4.18. The molecule has 1 unspecified atom stereocenters. The van der Waals surface area contributed by atoms with Crippen molar-refractivity contribution < 1.29 is 27.9 Å². The van der Waals surface area contributed by atoms with Crippen LogP contribution in [0.15, 0.2) is 76.9 Å². The predicted molar refractivity (Wildman–Crippen MR) is 99.4 cm³/mol. The number of rotatable bonds is 4. The van der Waals surface area contributed by atoms with E-state index in [1.54, 1.807) is 12.1 Å². The average molecular weight is 395 g/mol. The van der Waals surface area contributed by atoms with Crippen molar-refractivity contribution in [3.8, 4) is 0 Å². The number of halogens is 2. The van der Waals surface area contributed by atoms with Crippen LogP contribution < -0.4 is 0 Å². The van der Waals surface area contributed by atoms with E-state index in [0.29, 0.717) is 5.56 Å². The van der Waals surface area contributed by atoms with Crippen LogP contribution in [0.5, 0.6) is 0 Å². The molecule has 0 aliphatic carbocycles. The molecule has 0 spiro atoms. The molecule has 29 heavy (non-hydrogen) atoms. The zero-order chi connectivity index (χ0) is 20.5. The first-order valence-electron chi connectivity index (χ1n) is 8.78. The van der Waals surface area contributed by atoms with Gasteiger partial charge in [0.05, 0.1) is 11.8 Å². The molecule has 146 valence electrons. The summed E-state index contributed by atoms with van der Waals surface area (Å²) in [6.07, 6.45) is 1.39. The van der Waals surface area contributed by atoms with Gasteiger partial charge >= 0.3 is 0 Å². The summed E-state index contributed by atoms with van der Waals surface area (Å²) in [6, 6.07) is 12.7. The molecular formula is C22H15F2NO4. The standard InChI is InChI=1S/C22H15F2NO4/c23-15-7-3-13(4-8-15)12-25-19(17-2-1-11-29-17)18(21(27)22(25)28)20(26)14-5-9-16(24)10-6-14/h1-11,19,26H,12H2/b20-18-. The molecule has 0 radical (unpaired) electrons. The fourth-order valence-corrected chi connectivity index (χ4v) is 3.34. The Labute approximate surface area is 164 Å². The third kappa shape index (κ3) is 3.42. The van der Waals surface area contributed by atoms with Gasteiger partial charge in [0, 0.05) is 12.1 Å². The highest BCUT2D eigenvalue weighted by atomic mass is 19.1. The minimum absolute atomic E-state index is 0.0103. The van der Waals surface area contributed by atoms with Gasteiger partial charge in [-0.2, -0.15) is 0 Å². The highest BCUT2D eigenvalue weighted by Crippen LogP contribution is 2.40. The number of likely N-dealkylation sites (tertiary alicyclic amines) is 1. The van der Waals surface area contributed by atoms with Gasteiger partial charge in [0.2, 0.25) is 0 Å². The molecule has 0 saturated carbocycles. The van der Waals surface area contributed by atoms with E-state index in [4.69, 9.17) is 4.42 Å². The Kier molecular flexibility index (Phi) is 4.72. The van der Waals surface area contributed by atoms with Crippen LogP contribution in [-0.4, -0.2) is 21.7 Å². The van der Waals surface area contributed by atoms with Gasteiger partial charge in [-0.05, 0) is 54.1 Å². The van der Waals surface area contributed by atoms with Crippen molar-refractivity contribution in [2.75, 3.05) is 0 Å². The molecule has 1 N–H and O–H groups in total. The zero-order valence-corrected chi connectivity index (χ0v) is 15.0. The second kappa shape index (κ2) is 7.35. The number of nitrogens with zero attached hydrogens (tertiary/aromatic N) is 1. The Balaban J connectivity index is 1.81. The molecule has 1 aliphatic rings. The van der Waals surface area contributed by atoms with Crippen LogP contribution in [-0.2, 0) is 16.1 Å². The summed E-state index contributed by atoms with van der Waals surface area (Å²) < 4.78 is 31.9. The molecule has 1 aliphatic heterocycles. The highest BCUT2D eigenvalue weighted by Gasteiger charge is 2.47. The van der Waals surface area contributed by atoms with Crippen molar-refractivity contribution in [2.45, 2.75) is 12.6 Å². The minimum atomic E-state index is -0.972. The number of carbonyl (C=O) groups excluding carboxylic acids is 2. The lowest BCUT2D eigenvalue weighted by atomic mass is 9.99. The lowest BCUT2D eigenvalue weighted by Gasteiger charge is -2.23. The van der Waals surface area contributed by atoms with Crippen molar-refractivity contribution in [3.05, 3.63) is 101 Å². The van der Waals surface area contributed by atoms with Crippen molar-refractivity contribution in [3.63, 3.8) is 0 Å². The zero-order valence-electron chi connectivity index (χ0n) is 15.0. The number of hydrogen-bond acceptors (Lipinski definition) is 4. The SMILES string of the molecule is O=C1C(=O)N(Cc2ccc(F)cc2)C(c2ccco2)/C1=C(/O)c1ccc(F)cc1. The largest absolute Gasteiger partial charge is 0.507 e. The number of aliphatic hydroxyl groups excluding tert-OH is 1. The molecular weight excluding hydrogens is 380 g/mol. The fourth-order valence-electron chi connectivity index (χ4n) is 3.34. The Morgan fingerprint density at radius 1 is 0.966 bits per heavy atom. The first-order chi connectivity index (χ1) is 14.0. The van der Waals surface area contributed by atoms with E-state index in [-0.39, 0.29) is 23.4 Å². The molecule has 4 rings (SSSR count). The minimum Gasteiger partial charge on any atom is -0.507 e. The van der Waals surface area contributed by atoms with E-state index >= 15 is 0 Å². The number of ketones is 1. The summed E-state index contributed by atoms with van der Waals surface area (Å²) in [5, 5.41) is 10.8. The number of aliphatic hydroxyl groups is 1. The third-order valence-corrected chi connectivity index (χ3v) is 4.74. The van der Waals surface area contributed by atoms with Crippen LogP contribution in [0.3, 0.4) is 0 Å². The van der Waals surface area contributed by atoms with Crippen LogP contribution in [0, 0.1) is 11.6 Å². The Bertz CT molecular complexity index is 1090. The van der Waals surface area contributed by atoms with Crippen LogP contribution >= 0.6 is 0 Å². The van der Waals surface area contributed by atoms with E-state index in [2.05, 4.69) is 0 Å². The van der Waals surface area contributed by atoms with Crippen molar-refractivity contribution in [2.24, 2.45) is 0 Å². The van der Waals surface area contributed by atoms with Gasteiger partial charge < -0.3 is 14.4 Å². The van der Waals surface area contributed by atoms with Gasteiger partial charge in [-0.1, -0.05) is 12.1 Å². The molecule has 7 heteroatoms. The van der Waals surface area contributed by atoms with Gasteiger partial charge in [0.15, 0.2) is 0 Å². The van der Waals surface area contributed by atoms with E-state index in [0.717, 1.165) is 12.1 Å². The lowest BCUT2D eigenvalue weighted by Crippen LogP contribution is -2.29. The first kappa shape index (κ1) is 18.6. The number of Topliss-reactive ketones (excluding diaryl/α,β-unsaturated/α-hetero) is 1. The average Bonchev–Trinajstić information content (AvgIpc) is 3.32. The second-order valence-corrected chi connectivity index (χ2v) is 6.58. The molecule has 1 aromatic heterocycles. The van der Waals surface area contributed by atoms with E-state index in [1.165, 1.54) is 47.6 Å². The van der Waals surface area contributed by atoms with Crippen LogP contribution in [0.1, 0.15) is 22.9 Å². The van der Waals surface area contributed by atoms with Gasteiger partial charge in [-0.3, -0.25) is 9.59 Å². The number of furan rings is 1. The van der Waals surface area contributed by atoms with Crippen LogP contribution in [0.4, 0.5) is 8.78 Å². The Morgan fingerprint density at radius 3 is 2.17 bits per heavy atom. The number of carbonyl (C=O) groups is 2. The Morgan fingerprint density at radius 2 is 1.59 bits per heavy atom. The smallest absolute Gasteiger partial charge is 0.296 e.